The van der Waals surface area contributed by atoms with Gasteiger partial charge in [-0.15, -0.1) is 11.8 Å². The Labute approximate surface area is 175 Å². The number of thioether (sulfide) groups is 1. The van der Waals surface area contributed by atoms with Crippen LogP contribution in [0, 0.1) is 0 Å². The average molecular weight is 433 g/mol. The number of rotatable bonds is 7. The van der Waals surface area contributed by atoms with Gasteiger partial charge in [-0.25, -0.2) is 8.42 Å². The molecule has 0 unspecified atom stereocenters. The molecule has 3 rings (SSSR count). The van der Waals surface area contributed by atoms with Crippen LogP contribution in [0.3, 0.4) is 0 Å². The first-order valence-electron chi connectivity index (χ1n) is 9.43. The van der Waals surface area contributed by atoms with Crippen molar-refractivity contribution in [1.29, 1.82) is 0 Å². The second-order valence-corrected chi connectivity index (χ2v) is 10.8. The van der Waals surface area contributed by atoms with Crippen molar-refractivity contribution in [3.05, 3.63) is 54.1 Å². The van der Waals surface area contributed by atoms with Gasteiger partial charge >= 0.3 is 0 Å². The Bertz CT molecular complexity index is 1010. The normalized spacial score (nSPS) is 17.2. The zero-order valence-electron chi connectivity index (χ0n) is 16.3. The molecule has 0 bridgehead atoms. The van der Waals surface area contributed by atoms with Crippen LogP contribution < -0.4 is 10.6 Å². The van der Waals surface area contributed by atoms with E-state index in [4.69, 9.17) is 0 Å². The summed E-state index contributed by atoms with van der Waals surface area (Å²) in [5.41, 5.74) is 1.61. The van der Waals surface area contributed by atoms with Gasteiger partial charge in [0.25, 0.3) is 0 Å². The molecule has 1 heterocycles. The highest BCUT2D eigenvalue weighted by Crippen LogP contribution is 2.37. The molecule has 2 aromatic carbocycles. The fraction of sp³-hybridized carbons (Fsp3) is 0.333. The molecule has 2 atom stereocenters. The van der Waals surface area contributed by atoms with Crippen LogP contribution in [0.25, 0.3) is 0 Å². The van der Waals surface area contributed by atoms with Gasteiger partial charge in [0.05, 0.1) is 21.1 Å². The molecule has 0 saturated carbocycles. The molecule has 0 spiro atoms. The number of carbonyl (C=O) groups is 2. The van der Waals surface area contributed by atoms with Crippen molar-refractivity contribution in [3.8, 4) is 0 Å². The summed E-state index contributed by atoms with van der Waals surface area (Å²) >= 11 is 1.39. The molecule has 0 saturated heterocycles. The lowest BCUT2D eigenvalue weighted by Gasteiger charge is -2.22. The van der Waals surface area contributed by atoms with Gasteiger partial charge in [-0.2, -0.15) is 0 Å². The van der Waals surface area contributed by atoms with Crippen molar-refractivity contribution in [1.82, 2.24) is 5.32 Å². The van der Waals surface area contributed by atoms with Gasteiger partial charge in [-0.1, -0.05) is 30.3 Å². The van der Waals surface area contributed by atoms with Gasteiger partial charge in [0.15, 0.2) is 9.84 Å². The Kier molecular flexibility index (Phi) is 6.64. The molecule has 8 heteroatoms. The smallest absolute Gasteiger partial charge is 0.237 e. The van der Waals surface area contributed by atoms with Gasteiger partial charge in [0.2, 0.25) is 11.8 Å². The minimum absolute atomic E-state index is 0.108. The molecule has 2 amide bonds. The maximum absolute atomic E-state index is 12.9. The number of carbonyl (C=O) groups excluding carboxylic acids is 2. The number of hydrogen-bond acceptors (Lipinski definition) is 5. The predicted octanol–water partition coefficient (Wildman–Crippen LogP) is 3.03. The molecule has 154 valence electrons. The van der Waals surface area contributed by atoms with Crippen molar-refractivity contribution in [3.63, 3.8) is 0 Å². The van der Waals surface area contributed by atoms with E-state index in [9.17, 15) is 18.0 Å². The lowest BCUT2D eigenvalue weighted by Crippen LogP contribution is -2.31. The topological polar surface area (TPSA) is 92.3 Å². The second kappa shape index (κ2) is 9.00. The minimum Gasteiger partial charge on any atom is -0.356 e. The van der Waals surface area contributed by atoms with E-state index in [1.165, 1.54) is 30.8 Å². The van der Waals surface area contributed by atoms with Crippen LogP contribution in [0.5, 0.6) is 0 Å². The van der Waals surface area contributed by atoms with Crippen LogP contribution >= 0.6 is 11.8 Å². The summed E-state index contributed by atoms with van der Waals surface area (Å²) in [6.45, 7) is 3.78. The molecule has 2 aromatic rings. The summed E-state index contributed by atoms with van der Waals surface area (Å²) in [4.78, 5) is 25.0. The summed E-state index contributed by atoms with van der Waals surface area (Å²) in [5, 5.41) is 4.43. The third-order valence-corrected chi connectivity index (χ3v) is 8.11. The van der Waals surface area contributed by atoms with Crippen molar-refractivity contribution in [2.45, 2.75) is 47.0 Å². The average Bonchev–Trinajstić information content (AvgIpc) is 2.69. The summed E-state index contributed by atoms with van der Waals surface area (Å²) in [7, 11) is -3.70. The molecule has 2 N–H and O–H groups in total. The SMILES string of the molecule is C[C@@H]1Sc2ccc(S(=O)(=O)[C@H](C)CC(=O)NCCc3ccccc3)cc2NC1=O. The second-order valence-electron chi connectivity index (χ2n) is 7.05. The van der Waals surface area contributed by atoms with E-state index in [0.29, 0.717) is 18.7 Å². The van der Waals surface area contributed by atoms with E-state index in [1.807, 2.05) is 30.3 Å². The van der Waals surface area contributed by atoms with Crippen LogP contribution in [-0.4, -0.2) is 37.3 Å². The Balaban J connectivity index is 1.61. The third-order valence-electron chi connectivity index (χ3n) is 4.79. The largest absolute Gasteiger partial charge is 0.356 e. The molecule has 1 aliphatic rings. The van der Waals surface area contributed by atoms with Crippen LogP contribution in [0.4, 0.5) is 5.69 Å². The highest BCUT2D eigenvalue weighted by Gasteiger charge is 2.29. The summed E-state index contributed by atoms with van der Waals surface area (Å²) < 4.78 is 25.8. The number of nitrogens with one attached hydrogen (secondary N) is 2. The zero-order chi connectivity index (χ0) is 21.0. The number of benzene rings is 2. The summed E-state index contributed by atoms with van der Waals surface area (Å²) in [6, 6.07) is 14.5. The molecular weight excluding hydrogens is 408 g/mol. The molecule has 29 heavy (non-hydrogen) atoms. The van der Waals surface area contributed by atoms with Crippen LogP contribution in [0.1, 0.15) is 25.8 Å². The molecule has 0 aliphatic carbocycles. The first-order chi connectivity index (χ1) is 13.8. The van der Waals surface area contributed by atoms with Crippen molar-refractivity contribution in [2.75, 3.05) is 11.9 Å². The highest BCUT2D eigenvalue weighted by atomic mass is 32.2. The van der Waals surface area contributed by atoms with E-state index in [-0.39, 0.29) is 28.4 Å². The lowest BCUT2D eigenvalue weighted by molar-refractivity contribution is -0.121. The van der Waals surface area contributed by atoms with E-state index in [1.54, 1.807) is 13.0 Å². The van der Waals surface area contributed by atoms with Crippen LogP contribution in [0.15, 0.2) is 58.3 Å². The number of anilines is 1. The van der Waals surface area contributed by atoms with Crippen LogP contribution in [0.2, 0.25) is 0 Å². The van der Waals surface area contributed by atoms with E-state index in [2.05, 4.69) is 10.6 Å². The van der Waals surface area contributed by atoms with E-state index < -0.39 is 15.1 Å². The first-order valence-corrected chi connectivity index (χ1v) is 11.9. The standard InChI is InChI=1S/C21H24N2O4S2/c1-14(12-20(24)22-11-10-16-6-4-3-5-7-16)29(26,27)17-8-9-19-18(13-17)23-21(25)15(2)28-19/h3-9,13-15H,10-12H2,1-2H3,(H,22,24)(H,23,25)/t14-,15+/m1/s1. The fourth-order valence-electron chi connectivity index (χ4n) is 3.03. The maximum atomic E-state index is 12.9. The highest BCUT2D eigenvalue weighted by molar-refractivity contribution is 8.01. The molecule has 6 nitrogen and oxygen atoms in total. The Morgan fingerprint density at radius 3 is 2.66 bits per heavy atom. The van der Waals surface area contributed by atoms with Gasteiger partial charge in [-0.05, 0) is 44.0 Å². The molecule has 0 aromatic heterocycles. The van der Waals surface area contributed by atoms with Gasteiger partial charge in [-0.3, -0.25) is 9.59 Å². The Morgan fingerprint density at radius 2 is 1.93 bits per heavy atom. The van der Waals surface area contributed by atoms with Gasteiger partial charge in [0, 0.05) is 17.9 Å². The molecule has 0 fully saturated rings. The van der Waals surface area contributed by atoms with Crippen molar-refractivity contribution >= 4 is 39.1 Å². The Hall–Kier alpha value is -2.32. The third kappa shape index (κ3) is 5.19. The summed E-state index contributed by atoms with van der Waals surface area (Å²) in [5.74, 6) is -0.449. The van der Waals surface area contributed by atoms with Crippen molar-refractivity contribution in [2.24, 2.45) is 0 Å². The quantitative estimate of drug-likeness (QED) is 0.702. The minimum atomic E-state index is -3.70. The molecule has 1 aliphatic heterocycles. The predicted molar refractivity (Wildman–Crippen MR) is 115 cm³/mol. The number of sulfone groups is 1. The number of fused-ring (bicyclic) bond motifs is 1. The van der Waals surface area contributed by atoms with E-state index >= 15 is 0 Å². The van der Waals surface area contributed by atoms with Crippen molar-refractivity contribution < 1.29 is 18.0 Å². The van der Waals surface area contributed by atoms with Gasteiger partial charge in [0.1, 0.15) is 0 Å². The first kappa shape index (κ1) is 21.4. The zero-order valence-corrected chi connectivity index (χ0v) is 18.0. The Morgan fingerprint density at radius 1 is 1.21 bits per heavy atom. The molecular formula is C21H24N2O4S2. The lowest BCUT2D eigenvalue weighted by atomic mass is 10.1. The van der Waals surface area contributed by atoms with Crippen LogP contribution in [-0.2, 0) is 25.8 Å². The van der Waals surface area contributed by atoms with E-state index in [0.717, 1.165) is 10.5 Å². The number of amides is 2. The number of hydrogen-bond donors (Lipinski definition) is 2. The fourth-order valence-corrected chi connectivity index (χ4v) is 5.34. The monoisotopic (exact) mass is 432 g/mol. The van der Waals surface area contributed by atoms with Gasteiger partial charge < -0.3 is 10.6 Å². The maximum Gasteiger partial charge on any atom is 0.237 e. The molecule has 0 radical (unpaired) electrons. The summed E-state index contributed by atoms with van der Waals surface area (Å²) in [6.07, 6.45) is 0.570.